The van der Waals surface area contributed by atoms with Gasteiger partial charge in [-0.3, -0.25) is 0 Å². The van der Waals surface area contributed by atoms with Crippen molar-refractivity contribution >= 4 is 18.0 Å². The minimum absolute atomic E-state index is 0.0321. The monoisotopic (exact) mass is 301 g/mol. The summed E-state index contributed by atoms with van der Waals surface area (Å²) < 4.78 is 14.5. The maximum atomic E-state index is 11.3. The Bertz CT molecular complexity index is 389. The summed E-state index contributed by atoms with van der Waals surface area (Å²) in [7, 11) is 0. The zero-order valence-corrected chi connectivity index (χ0v) is 13.0. The van der Waals surface area contributed by atoms with Gasteiger partial charge in [0.1, 0.15) is 6.61 Å². The molecule has 0 heterocycles. The molecule has 0 saturated carbocycles. The third-order valence-corrected chi connectivity index (χ3v) is 1.89. The van der Waals surface area contributed by atoms with Gasteiger partial charge in [0.2, 0.25) is 0 Å². The normalized spacial score (nSPS) is 12.3. The number of nitrogens with one attached hydrogen (secondary N) is 1. The highest BCUT2D eigenvalue weighted by Crippen LogP contribution is 1.94. The highest BCUT2D eigenvalue weighted by atomic mass is 16.6. The average molecular weight is 301 g/mol. The number of hydrogen-bond acceptors (Lipinski definition) is 6. The van der Waals surface area contributed by atoms with E-state index >= 15 is 0 Å². The van der Waals surface area contributed by atoms with Crippen LogP contribution in [0, 0.1) is 0 Å². The molecule has 0 aliphatic heterocycles. The van der Waals surface area contributed by atoms with Crippen LogP contribution in [0.1, 0.15) is 34.6 Å². The van der Waals surface area contributed by atoms with Crippen LogP contribution < -0.4 is 5.32 Å². The fraction of sp³-hybridized carbons (Fsp3) is 0.643. The lowest BCUT2D eigenvalue weighted by atomic mass is 10.4. The zero-order chi connectivity index (χ0) is 16.4. The summed E-state index contributed by atoms with van der Waals surface area (Å²) in [4.78, 5) is 33.8. The van der Waals surface area contributed by atoms with Crippen molar-refractivity contribution in [2.24, 2.45) is 0 Å². The van der Waals surface area contributed by atoms with Crippen LogP contribution in [0.15, 0.2) is 12.2 Å². The molecule has 0 aromatic rings. The third kappa shape index (κ3) is 11.5. The quantitative estimate of drug-likeness (QED) is 0.436. The molecule has 0 aromatic heterocycles. The lowest BCUT2D eigenvalue weighted by molar-refractivity contribution is -0.143. The molecule has 1 N–H and O–H groups in total. The van der Waals surface area contributed by atoms with Crippen LogP contribution in [-0.4, -0.2) is 42.9 Å². The van der Waals surface area contributed by atoms with Gasteiger partial charge >= 0.3 is 18.0 Å². The lowest BCUT2D eigenvalue weighted by Crippen LogP contribution is -2.37. The lowest BCUT2D eigenvalue weighted by Gasteiger charge is -2.15. The SMILES string of the molecule is CC(C)OC(=O)/C=C/C(=O)OC[C@H](C)NC(=O)OC(C)C. The molecule has 0 fully saturated rings. The maximum absolute atomic E-state index is 11.3. The Hall–Kier alpha value is -2.05. The van der Waals surface area contributed by atoms with Gasteiger partial charge in [0.05, 0.1) is 18.2 Å². The number of ether oxygens (including phenoxy) is 3. The van der Waals surface area contributed by atoms with Crippen molar-refractivity contribution in [2.45, 2.75) is 52.9 Å². The summed E-state index contributed by atoms with van der Waals surface area (Å²) in [6.45, 7) is 8.49. The van der Waals surface area contributed by atoms with Crippen LogP contribution >= 0.6 is 0 Å². The summed E-state index contributed by atoms with van der Waals surface area (Å²) >= 11 is 0. The van der Waals surface area contributed by atoms with Crippen LogP contribution in [0.4, 0.5) is 4.79 Å². The number of amides is 1. The molecule has 0 aromatic carbocycles. The first-order chi connectivity index (χ1) is 9.70. The molecule has 120 valence electrons. The Labute approximate surface area is 124 Å². The third-order valence-electron chi connectivity index (χ3n) is 1.89. The zero-order valence-electron chi connectivity index (χ0n) is 13.0. The van der Waals surface area contributed by atoms with Crippen molar-refractivity contribution in [1.29, 1.82) is 0 Å². The molecule has 1 atom stereocenters. The molecular formula is C14H23NO6. The molecule has 7 heteroatoms. The molecule has 0 aliphatic rings. The smallest absolute Gasteiger partial charge is 0.407 e. The summed E-state index contributed by atoms with van der Waals surface area (Å²) in [6.07, 6.45) is 0.908. The largest absolute Gasteiger partial charge is 0.460 e. The van der Waals surface area contributed by atoms with Gasteiger partial charge in [-0.1, -0.05) is 0 Å². The molecule has 0 rings (SSSR count). The summed E-state index contributed by atoms with van der Waals surface area (Å²) in [5.41, 5.74) is 0. The Morgan fingerprint density at radius 1 is 0.905 bits per heavy atom. The molecule has 0 saturated heterocycles. The van der Waals surface area contributed by atoms with Crippen molar-refractivity contribution in [1.82, 2.24) is 5.32 Å². The van der Waals surface area contributed by atoms with Crippen molar-refractivity contribution in [3.05, 3.63) is 12.2 Å². The van der Waals surface area contributed by atoms with E-state index in [1.807, 2.05) is 0 Å². The fourth-order valence-electron chi connectivity index (χ4n) is 1.15. The molecule has 7 nitrogen and oxygen atoms in total. The second kappa shape index (κ2) is 9.79. The van der Waals surface area contributed by atoms with E-state index < -0.39 is 24.1 Å². The second-order valence-electron chi connectivity index (χ2n) is 4.95. The Morgan fingerprint density at radius 2 is 1.43 bits per heavy atom. The highest BCUT2D eigenvalue weighted by molar-refractivity contribution is 5.91. The number of alkyl carbamates (subject to hydrolysis) is 1. The van der Waals surface area contributed by atoms with Crippen LogP contribution in [0.25, 0.3) is 0 Å². The van der Waals surface area contributed by atoms with Crippen LogP contribution in [0.2, 0.25) is 0 Å². The molecule has 0 unspecified atom stereocenters. The van der Waals surface area contributed by atoms with Crippen molar-refractivity contribution in [3.8, 4) is 0 Å². The number of rotatable bonds is 7. The number of carbonyl (C=O) groups is 3. The predicted molar refractivity (Wildman–Crippen MR) is 75.5 cm³/mol. The molecule has 0 bridgehead atoms. The first-order valence-corrected chi connectivity index (χ1v) is 6.73. The van der Waals surface area contributed by atoms with Crippen LogP contribution in [0.3, 0.4) is 0 Å². The molecule has 0 spiro atoms. The van der Waals surface area contributed by atoms with E-state index in [1.165, 1.54) is 0 Å². The van der Waals surface area contributed by atoms with E-state index in [-0.39, 0.29) is 18.8 Å². The molecule has 0 aliphatic carbocycles. The number of hydrogen-bond donors (Lipinski definition) is 1. The number of esters is 2. The van der Waals surface area contributed by atoms with Crippen LogP contribution in [-0.2, 0) is 23.8 Å². The second-order valence-corrected chi connectivity index (χ2v) is 4.95. The summed E-state index contributed by atoms with van der Waals surface area (Å²) in [5, 5.41) is 2.50. The van der Waals surface area contributed by atoms with E-state index in [4.69, 9.17) is 14.2 Å². The molecular weight excluding hydrogens is 278 g/mol. The van der Waals surface area contributed by atoms with Gasteiger partial charge in [-0.2, -0.15) is 0 Å². The summed E-state index contributed by atoms with van der Waals surface area (Å²) in [6, 6.07) is -0.406. The van der Waals surface area contributed by atoms with Gasteiger partial charge in [0.15, 0.2) is 0 Å². The molecule has 0 radical (unpaired) electrons. The Balaban J connectivity index is 3.99. The first kappa shape index (κ1) is 18.9. The average Bonchev–Trinajstić information content (AvgIpc) is 2.31. The minimum Gasteiger partial charge on any atom is -0.460 e. The Morgan fingerprint density at radius 3 is 1.95 bits per heavy atom. The van der Waals surface area contributed by atoms with E-state index in [2.05, 4.69) is 5.32 Å². The predicted octanol–water partition coefficient (Wildman–Crippen LogP) is 1.56. The standard InChI is InChI=1S/C14H23NO6/c1-9(2)20-13(17)7-6-12(16)19-8-11(5)15-14(18)21-10(3)4/h6-7,9-11H,8H2,1-5H3,(H,15,18)/b7-6+/t11-/m0/s1. The fourth-order valence-corrected chi connectivity index (χ4v) is 1.15. The van der Waals surface area contributed by atoms with Crippen LogP contribution in [0.5, 0.6) is 0 Å². The number of carbonyl (C=O) groups excluding carboxylic acids is 3. The molecule has 1 amide bonds. The van der Waals surface area contributed by atoms with E-state index in [0.29, 0.717) is 0 Å². The van der Waals surface area contributed by atoms with Crippen molar-refractivity contribution in [3.63, 3.8) is 0 Å². The van der Waals surface area contributed by atoms with Gasteiger partial charge < -0.3 is 19.5 Å². The summed E-state index contributed by atoms with van der Waals surface area (Å²) in [5.74, 6) is -1.31. The first-order valence-electron chi connectivity index (χ1n) is 6.73. The van der Waals surface area contributed by atoms with Gasteiger partial charge in [0.25, 0.3) is 0 Å². The molecule has 21 heavy (non-hydrogen) atoms. The minimum atomic E-state index is -0.693. The van der Waals surface area contributed by atoms with Gasteiger partial charge in [-0.25, -0.2) is 14.4 Å². The van der Waals surface area contributed by atoms with Crippen molar-refractivity contribution < 1.29 is 28.6 Å². The topological polar surface area (TPSA) is 90.9 Å². The maximum Gasteiger partial charge on any atom is 0.407 e. The van der Waals surface area contributed by atoms with E-state index in [0.717, 1.165) is 12.2 Å². The Kier molecular flexibility index (Phi) is 8.84. The van der Waals surface area contributed by atoms with E-state index in [1.54, 1.807) is 34.6 Å². The van der Waals surface area contributed by atoms with Gasteiger partial charge in [-0.05, 0) is 34.6 Å². The van der Waals surface area contributed by atoms with Crippen molar-refractivity contribution in [2.75, 3.05) is 6.61 Å². The highest BCUT2D eigenvalue weighted by Gasteiger charge is 2.11. The van der Waals surface area contributed by atoms with E-state index in [9.17, 15) is 14.4 Å². The van der Waals surface area contributed by atoms with Gasteiger partial charge in [-0.15, -0.1) is 0 Å². The van der Waals surface area contributed by atoms with Gasteiger partial charge in [0, 0.05) is 12.2 Å².